The number of benzene rings is 4. The van der Waals surface area contributed by atoms with E-state index in [1.165, 1.54) is 5.56 Å². The minimum absolute atomic E-state index is 0.0394. The number of allylic oxidation sites excluding steroid dienone is 2. The molecule has 5 saturated heterocycles. The van der Waals surface area contributed by atoms with E-state index in [2.05, 4.69) is 214 Å². The van der Waals surface area contributed by atoms with Crippen LogP contribution in [-0.2, 0) is 19.2 Å². The Labute approximate surface area is 821 Å². The fourth-order valence-corrected chi connectivity index (χ4v) is 20.6. The third kappa shape index (κ3) is 23.2. The first-order valence-corrected chi connectivity index (χ1v) is 49.4. The lowest BCUT2D eigenvalue weighted by Crippen LogP contribution is -2.73. The van der Waals surface area contributed by atoms with Gasteiger partial charge in [-0.2, -0.15) is 0 Å². The Bertz CT molecular complexity index is 5610. The van der Waals surface area contributed by atoms with E-state index in [4.69, 9.17) is 51.4 Å². The number of anilines is 10. The summed E-state index contributed by atoms with van der Waals surface area (Å²) >= 11 is 24.4. The van der Waals surface area contributed by atoms with Gasteiger partial charge < -0.3 is 91.5 Å². The standard InChI is InChI=1S/C27H35ClN6O.C26H33ClN6O.C25H34ClN7O.C24H32ClN7O/c1-17(2)29-14-22(20-5-7-21(28)8-6-20)26(35)34-12-11-33(15-27(34)9-10-27)25-23-18(3)13-19(4)32-24(23)30-16-31-25;1-16(2)28-10-21(19-5-7-20(27)8-6-19)25(34)33-13-26(14-33)11-32(12-26)24-22-17(3)9-18(4)31-23(22)29-15-30-24;1-16(2)27-12-21(19-6-8-20(26)9-7-19)25(34)33-11-10-32(14-18(33)4)24-22-23(28-15-29-24)30-17(3)13-31(22)5;1-16(2)26-13-20(18-5-7-19(25)8-6-18)24(33)32-11-9-31(10-12-32)23-21-22(27-15-28-23)29-17(3)14-30(21)4/h5-8,16-18,22,29H,4,9-15H2,1-3H3,(H,30,31,32);5-8,15-17,21,28H,4,9-14H2,1-3H3,(H,29,30,31);6-9,15-16,18,21,27H,3,10-14H2,1-2,4-5H3,(H,28,29,30);5-8,15-16,20,26H,3,9-14H2,1-2,4H3,(H,27,28,29)/t18-,22-;17-,21-;18-,21+;20-/m1101/s1. The minimum atomic E-state index is -0.262. The maximum Gasteiger partial charge on any atom is 0.231 e. The molecule has 34 heteroatoms. The number of likely N-dealkylation sites (tertiary alicyclic amines) is 1. The summed E-state index contributed by atoms with van der Waals surface area (Å²) in [5, 5.41) is 29.7. The molecule has 7 atom stereocenters. The number of nitrogens with zero attached hydrogens (tertiary/aromatic N) is 18. The number of likely N-dealkylation sites (N-methyl/N-ethyl adjacent to an activating group) is 2. The van der Waals surface area contributed by atoms with Crippen LogP contribution < -0.4 is 71.9 Å². The van der Waals surface area contributed by atoms with Crippen LogP contribution in [0.5, 0.6) is 0 Å². The number of carbonyl (C=O) groups excluding carboxylic acids is 4. The zero-order valence-corrected chi connectivity index (χ0v) is 83.9. The number of fused-ring (bicyclic) bond motifs is 4. The largest absolute Gasteiger partial charge is 0.363 e. The number of amides is 4. The van der Waals surface area contributed by atoms with E-state index in [-0.39, 0.29) is 64.3 Å². The molecular formula is C102H134Cl4N26O4. The van der Waals surface area contributed by atoms with Gasteiger partial charge in [-0.15, -0.1) is 0 Å². The van der Waals surface area contributed by atoms with Crippen LogP contribution in [0.1, 0.15) is 171 Å². The average Bonchev–Trinajstić information content (AvgIpc) is 0.950. The molecule has 1 aliphatic carbocycles. The fourth-order valence-electron chi connectivity index (χ4n) is 20.1. The highest BCUT2D eigenvalue weighted by atomic mass is 35.5. The number of carbonyl (C=O) groups is 4. The molecule has 136 heavy (non-hydrogen) atoms. The normalized spacial score (nSPS) is 19.9. The number of aromatic nitrogens is 8. The summed E-state index contributed by atoms with van der Waals surface area (Å²) in [6, 6.07) is 31.9. The number of halogens is 4. The predicted octanol–water partition coefficient (Wildman–Crippen LogP) is 14.8. The van der Waals surface area contributed by atoms with Gasteiger partial charge >= 0.3 is 0 Å². The molecule has 18 rings (SSSR count). The zero-order valence-electron chi connectivity index (χ0n) is 80.9. The second kappa shape index (κ2) is 43.4. The van der Waals surface area contributed by atoms with E-state index >= 15 is 0 Å². The Morgan fingerprint density at radius 3 is 1.13 bits per heavy atom. The summed E-state index contributed by atoms with van der Waals surface area (Å²) in [5.74, 6) is 7.47. The van der Waals surface area contributed by atoms with Crippen LogP contribution in [0.4, 0.5) is 57.9 Å². The van der Waals surface area contributed by atoms with Gasteiger partial charge in [0.25, 0.3) is 0 Å². The van der Waals surface area contributed by atoms with Gasteiger partial charge in [0.05, 0.1) is 42.3 Å². The summed E-state index contributed by atoms with van der Waals surface area (Å²) in [5.41, 5.74) is 12.1. The Kier molecular flexibility index (Phi) is 31.7. The third-order valence-corrected chi connectivity index (χ3v) is 28.3. The number of hydrogen-bond acceptors (Lipinski definition) is 26. The van der Waals surface area contributed by atoms with E-state index in [1.54, 1.807) is 25.3 Å². The molecule has 8 N–H and O–H groups in total. The highest BCUT2D eigenvalue weighted by Gasteiger charge is 2.57. The first-order valence-electron chi connectivity index (χ1n) is 47.9. The first kappa shape index (κ1) is 99.5. The number of rotatable bonds is 24. The molecule has 10 aliphatic rings. The smallest absolute Gasteiger partial charge is 0.231 e. The molecule has 0 radical (unpaired) electrons. The maximum absolute atomic E-state index is 14.0. The van der Waals surface area contributed by atoms with Gasteiger partial charge in [0, 0.05) is 222 Å². The van der Waals surface area contributed by atoms with Crippen molar-refractivity contribution in [3.63, 3.8) is 0 Å². The zero-order chi connectivity index (χ0) is 96.7. The SMILES string of the molecule is C=C1CN(C)c2c(ncnc2N2CCN(C(=O)[C@H](CNC(C)C)c3ccc(Cl)cc3)CC2)N1.C=C1CN(C)c2c(ncnc2N2CCN(C(=O)[C@H](CNC(C)C)c3ccc(Cl)cc3)[C@@H](C)C2)N1.C=C1C[C@@H](C)c2c(ncnc2N2CC3(CN(C(=O)[C@H](CNC(C)C)c4ccc(Cl)cc4)C3)C2)N1.C=C1C[C@@H](C)c2c(ncnc2N2CCN(C(=O)[C@H](CNC(C)C)c3ccc(Cl)cc3)C3(CC3)C2)N1. The molecule has 1 saturated carbocycles. The molecule has 4 aromatic carbocycles. The van der Waals surface area contributed by atoms with E-state index in [0.717, 1.165) is 187 Å². The van der Waals surface area contributed by atoms with Crippen molar-refractivity contribution in [3.8, 4) is 0 Å². The van der Waals surface area contributed by atoms with Crippen molar-refractivity contribution in [2.75, 3.05) is 196 Å². The van der Waals surface area contributed by atoms with Gasteiger partial charge in [-0.25, -0.2) is 39.9 Å². The summed E-state index contributed by atoms with van der Waals surface area (Å²) in [7, 11) is 4.05. The van der Waals surface area contributed by atoms with Crippen molar-refractivity contribution < 1.29 is 19.2 Å². The molecule has 0 bridgehead atoms. The molecule has 8 aromatic rings. The summed E-state index contributed by atoms with van der Waals surface area (Å²) in [6.45, 7) is 53.8. The van der Waals surface area contributed by atoms with Crippen molar-refractivity contribution in [2.24, 2.45) is 5.41 Å². The average molecular weight is 1930 g/mol. The van der Waals surface area contributed by atoms with Crippen molar-refractivity contribution in [1.29, 1.82) is 0 Å². The lowest BCUT2D eigenvalue weighted by molar-refractivity contribution is -0.147. The second-order valence-corrected chi connectivity index (χ2v) is 41.3. The van der Waals surface area contributed by atoms with Crippen LogP contribution in [0.25, 0.3) is 0 Å². The molecule has 9 aliphatic heterocycles. The van der Waals surface area contributed by atoms with Crippen LogP contribution in [0.3, 0.4) is 0 Å². The van der Waals surface area contributed by atoms with E-state index in [0.29, 0.717) is 135 Å². The van der Waals surface area contributed by atoms with Gasteiger partial charge in [0.1, 0.15) is 60.0 Å². The highest BCUT2D eigenvalue weighted by Crippen LogP contribution is 2.51. The van der Waals surface area contributed by atoms with Gasteiger partial charge in [-0.1, -0.05) is 190 Å². The summed E-state index contributed by atoms with van der Waals surface area (Å²) in [4.78, 5) is 113. The number of nitrogens with one attached hydrogen (secondary N) is 8. The Morgan fingerprint density at radius 2 is 0.735 bits per heavy atom. The Morgan fingerprint density at radius 1 is 0.390 bits per heavy atom. The van der Waals surface area contributed by atoms with Crippen LogP contribution in [0.2, 0.25) is 20.1 Å². The second-order valence-electron chi connectivity index (χ2n) is 39.5. The number of piperazine rings is 3. The molecule has 4 aromatic heterocycles. The van der Waals surface area contributed by atoms with Crippen LogP contribution in [0.15, 0.2) is 171 Å². The van der Waals surface area contributed by atoms with Gasteiger partial charge in [0.2, 0.25) is 23.6 Å². The fraction of sp³-hybridized carbons (Fsp3) is 0.490. The first-order chi connectivity index (χ1) is 65.1. The molecule has 724 valence electrons. The molecule has 30 nitrogen and oxygen atoms in total. The molecule has 2 spiro atoms. The van der Waals surface area contributed by atoms with Crippen molar-refractivity contribution in [1.82, 2.24) is 80.7 Å². The maximum atomic E-state index is 14.0. The molecular weight excluding hydrogens is 1800 g/mol. The van der Waals surface area contributed by atoms with Gasteiger partial charge in [-0.05, 0) is 115 Å². The third-order valence-electron chi connectivity index (χ3n) is 27.3. The van der Waals surface area contributed by atoms with Crippen molar-refractivity contribution in [2.45, 2.75) is 173 Å². The van der Waals surface area contributed by atoms with E-state index in [9.17, 15) is 19.2 Å². The van der Waals surface area contributed by atoms with Crippen molar-refractivity contribution in [3.05, 3.63) is 225 Å². The summed E-state index contributed by atoms with van der Waals surface area (Å²) in [6.07, 6.45) is 10.3. The molecule has 6 fully saturated rings. The van der Waals surface area contributed by atoms with Crippen LogP contribution in [-0.4, -0.2) is 264 Å². The summed E-state index contributed by atoms with van der Waals surface area (Å²) < 4.78 is 0. The minimum Gasteiger partial charge on any atom is -0.363 e. The van der Waals surface area contributed by atoms with Gasteiger partial charge in [0.15, 0.2) is 23.3 Å². The Balaban J connectivity index is 0.000000138. The molecule has 13 heterocycles. The number of hydrogen-bond donors (Lipinski definition) is 8. The lowest BCUT2D eigenvalue weighted by Gasteiger charge is -2.61. The highest BCUT2D eigenvalue weighted by molar-refractivity contribution is 6.31. The quantitative estimate of drug-likeness (QED) is 0.0279. The van der Waals surface area contributed by atoms with Crippen LogP contribution in [0, 0.1) is 5.41 Å². The monoisotopic (exact) mass is 1930 g/mol. The lowest BCUT2D eigenvalue weighted by atomic mass is 9.72. The topological polar surface area (TPSA) is 300 Å². The van der Waals surface area contributed by atoms with E-state index in [1.807, 2.05) is 126 Å². The molecule has 0 unspecified atom stereocenters. The molecule has 4 amide bonds. The van der Waals surface area contributed by atoms with Gasteiger partial charge in [-0.3, -0.25) is 19.2 Å². The predicted molar refractivity (Wildman–Crippen MR) is 550 cm³/mol. The van der Waals surface area contributed by atoms with Crippen molar-refractivity contribution >= 4 is 128 Å². The van der Waals surface area contributed by atoms with E-state index < -0.39 is 0 Å². The van der Waals surface area contributed by atoms with Crippen LogP contribution >= 0.6 is 46.4 Å². The Hall–Kier alpha value is -11.0.